The number of hydrogen-bond donors (Lipinski definition) is 1. The molecule has 2 aromatic rings. The van der Waals surface area contributed by atoms with Crippen LogP contribution in [0.3, 0.4) is 0 Å². The third kappa shape index (κ3) is 3.27. The summed E-state index contributed by atoms with van der Waals surface area (Å²) in [4.78, 5) is 13.0. The Morgan fingerprint density at radius 1 is 1.40 bits per heavy atom. The quantitative estimate of drug-likeness (QED) is 0.680. The number of aryl methyl sites for hydroxylation is 1. The van der Waals surface area contributed by atoms with Gasteiger partial charge in [-0.2, -0.15) is 5.26 Å². The smallest absolute Gasteiger partial charge is 0.266 e. The van der Waals surface area contributed by atoms with Crippen LogP contribution in [0.4, 0.5) is 5.69 Å². The Balaban J connectivity index is 2.25. The maximum atomic E-state index is 12.1. The van der Waals surface area contributed by atoms with Crippen molar-refractivity contribution < 1.29 is 4.79 Å². The predicted octanol–water partition coefficient (Wildman–Crippen LogP) is 4.26. The van der Waals surface area contributed by atoms with Gasteiger partial charge in [0, 0.05) is 4.88 Å². The van der Waals surface area contributed by atoms with Gasteiger partial charge in [-0.15, -0.1) is 11.3 Å². The van der Waals surface area contributed by atoms with Crippen LogP contribution in [0.1, 0.15) is 10.4 Å². The molecule has 0 saturated carbocycles. The molecule has 0 bridgehead atoms. The first-order chi connectivity index (χ1) is 9.61. The fraction of sp³-hybridized carbons (Fsp3) is 0.0667. The van der Waals surface area contributed by atoms with E-state index in [1.165, 1.54) is 11.3 Å². The largest absolute Gasteiger partial charge is 0.320 e. The Kier molecular flexibility index (Phi) is 4.57. The topological polar surface area (TPSA) is 52.9 Å². The highest BCUT2D eigenvalue weighted by molar-refractivity contribution is 7.10. The lowest BCUT2D eigenvalue weighted by Crippen LogP contribution is -2.14. The van der Waals surface area contributed by atoms with Gasteiger partial charge in [0.2, 0.25) is 0 Å². The Labute approximate surface area is 126 Å². The number of rotatable bonds is 3. The van der Waals surface area contributed by atoms with Gasteiger partial charge in [-0.25, -0.2) is 0 Å². The monoisotopic (exact) mass is 302 g/mol. The first kappa shape index (κ1) is 14.3. The number of halogens is 1. The molecule has 100 valence electrons. The number of amides is 1. The van der Waals surface area contributed by atoms with Gasteiger partial charge >= 0.3 is 0 Å². The number of nitrogens with one attached hydrogen (secondary N) is 1. The molecule has 1 heterocycles. The Hall–Kier alpha value is -2.09. The first-order valence-corrected chi connectivity index (χ1v) is 7.09. The molecule has 0 aliphatic carbocycles. The number of nitriles is 1. The summed E-state index contributed by atoms with van der Waals surface area (Å²) in [6, 6.07) is 11.0. The van der Waals surface area contributed by atoms with E-state index in [9.17, 15) is 4.79 Å². The van der Waals surface area contributed by atoms with Crippen molar-refractivity contribution in [3.63, 3.8) is 0 Å². The third-order valence-corrected chi connectivity index (χ3v) is 3.79. The van der Waals surface area contributed by atoms with Gasteiger partial charge in [-0.05, 0) is 36.1 Å². The number of carbonyl (C=O) groups is 1. The molecule has 0 radical (unpaired) electrons. The van der Waals surface area contributed by atoms with Crippen molar-refractivity contribution >= 4 is 40.6 Å². The minimum atomic E-state index is -0.461. The lowest BCUT2D eigenvalue weighted by molar-refractivity contribution is -0.112. The second-order valence-electron chi connectivity index (χ2n) is 4.07. The SMILES string of the molecule is Cc1cccc(Cl)c1NC(=O)C(C#N)=Cc1cccs1. The van der Waals surface area contributed by atoms with Gasteiger partial charge in [0.25, 0.3) is 5.91 Å². The van der Waals surface area contributed by atoms with E-state index in [0.717, 1.165) is 10.4 Å². The second kappa shape index (κ2) is 6.38. The van der Waals surface area contributed by atoms with Crippen molar-refractivity contribution in [1.29, 1.82) is 5.26 Å². The fourth-order valence-corrected chi connectivity index (χ4v) is 2.56. The van der Waals surface area contributed by atoms with Gasteiger partial charge in [0.1, 0.15) is 11.6 Å². The van der Waals surface area contributed by atoms with E-state index < -0.39 is 5.91 Å². The summed E-state index contributed by atoms with van der Waals surface area (Å²) in [5, 5.41) is 14.1. The minimum Gasteiger partial charge on any atom is -0.320 e. The molecule has 20 heavy (non-hydrogen) atoms. The van der Waals surface area contributed by atoms with Crippen LogP contribution in [-0.4, -0.2) is 5.91 Å². The van der Waals surface area contributed by atoms with Crippen LogP contribution in [0.5, 0.6) is 0 Å². The van der Waals surface area contributed by atoms with Gasteiger partial charge in [-0.1, -0.05) is 29.8 Å². The highest BCUT2D eigenvalue weighted by Crippen LogP contribution is 2.26. The number of para-hydroxylation sites is 1. The zero-order chi connectivity index (χ0) is 14.5. The Morgan fingerprint density at radius 2 is 2.20 bits per heavy atom. The molecule has 0 unspecified atom stereocenters. The lowest BCUT2D eigenvalue weighted by Gasteiger charge is -2.09. The number of thiophene rings is 1. The first-order valence-electron chi connectivity index (χ1n) is 5.83. The van der Waals surface area contributed by atoms with Gasteiger partial charge < -0.3 is 5.32 Å². The fourth-order valence-electron chi connectivity index (χ4n) is 1.64. The zero-order valence-corrected chi connectivity index (χ0v) is 12.3. The summed E-state index contributed by atoms with van der Waals surface area (Å²) in [6.07, 6.45) is 1.56. The van der Waals surface area contributed by atoms with E-state index in [1.807, 2.05) is 36.6 Å². The highest BCUT2D eigenvalue weighted by atomic mass is 35.5. The second-order valence-corrected chi connectivity index (χ2v) is 5.46. The third-order valence-electron chi connectivity index (χ3n) is 2.66. The summed E-state index contributed by atoms with van der Waals surface area (Å²) < 4.78 is 0. The molecule has 2 rings (SSSR count). The molecule has 5 heteroatoms. The molecule has 0 atom stereocenters. The number of anilines is 1. The van der Waals surface area contributed by atoms with Crippen LogP contribution in [0, 0.1) is 18.3 Å². The van der Waals surface area contributed by atoms with Gasteiger partial charge in [0.05, 0.1) is 10.7 Å². The standard InChI is InChI=1S/C15H11ClN2OS/c1-10-4-2-6-13(16)14(10)18-15(19)11(9-17)8-12-5-3-7-20-12/h2-8H,1H3,(H,18,19). The number of carbonyl (C=O) groups excluding carboxylic acids is 1. The molecule has 0 spiro atoms. The predicted molar refractivity (Wildman–Crippen MR) is 82.7 cm³/mol. The minimum absolute atomic E-state index is 0.0479. The molecule has 1 amide bonds. The summed E-state index contributed by atoms with van der Waals surface area (Å²) in [6.45, 7) is 1.84. The van der Waals surface area contributed by atoms with Crippen molar-refractivity contribution in [2.75, 3.05) is 5.32 Å². The average molecular weight is 303 g/mol. The van der Waals surface area contributed by atoms with E-state index in [0.29, 0.717) is 10.7 Å². The Bertz CT molecular complexity index is 679. The summed E-state index contributed by atoms with van der Waals surface area (Å²) in [5.74, 6) is -0.461. The molecular weight excluding hydrogens is 292 g/mol. The zero-order valence-electron chi connectivity index (χ0n) is 10.7. The Morgan fingerprint density at radius 3 is 2.80 bits per heavy atom. The number of nitrogens with zero attached hydrogens (tertiary/aromatic N) is 1. The van der Waals surface area contributed by atoms with Crippen molar-refractivity contribution in [3.05, 3.63) is 56.7 Å². The summed E-state index contributed by atoms with van der Waals surface area (Å²) in [7, 11) is 0. The number of hydrogen-bond acceptors (Lipinski definition) is 3. The maximum absolute atomic E-state index is 12.1. The summed E-state index contributed by atoms with van der Waals surface area (Å²) >= 11 is 7.51. The maximum Gasteiger partial charge on any atom is 0.266 e. The van der Waals surface area contributed by atoms with E-state index >= 15 is 0 Å². The van der Waals surface area contributed by atoms with E-state index in [1.54, 1.807) is 18.2 Å². The van der Waals surface area contributed by atoms with Crippen LogP contribution in [0.25, 0.3) is 6.08 Å². The van der Waals surface area contributed by atoms with Crippen LogP contribution >= 0.6 is 22.9 Å². The van der Waals surface area contributed by atoms with Crippen LogP contribution in [0.15, 0.2) is 41.3 Å². The normalized spacial score (nSPS) is 10.9. The lowest BCUT2D eigenvalue weighted by atomic mass is 10.1. The molecule has 3 nitrogen and oxygen atoms in total. The van der Waals surface area contributed by atoms with Gasteiger partial charge in [-0.3, -0.25) is 4.79 Å². The molecule has 0 fully saturated rings. The number of benzene rings is 1. The highest BCUT2D eigenvalue weighted by Gasteiger charge is 2.13. The molecular formula is C15H11ClN2OS. The van der Waals surface area contributed by atoms with E-state index in [2.05, 4.69) is 5.32 Å². The van der Waals surface area contributed by atoms with Crippen molar-refractivity contribution in [3.8, 4) is 6.07 Å². The average Bonchev–Trinajstić information content (AvgIpc) is 2.93. The van der Waals surface area contributed by atoms with Crippen LogP contribution in [-0.2, 0) is 4.79 Å². The van der Waals surface area contributed by atoms with Crippen molar-refractivity contribution in [1.82, 2.24) is 0 Å². The molecule has 0 aliphatic heterocycles. The van der Waals surface area contributed by atoms with Crippen molar-refractivity contribution in [2.24, 2.45) is 0 Å². The van der Waals surface area contributed by atoms with Crippen LogP contribution in [0.2, 0.25) is 5.02 Å². The molecule has 1 N–H and O–H groups in total. The van der Waals surface area contributed by atoms with Gasteiger partial charge in [0.15, 0.2) is 0 Å². The molecule has 1 aromatic heterocycles. The van der Waals surface area contributed by atoms with E-state index in [4.69, 9.17) is 16.9 Å². The molecule has 0 aliphatic rings. The molecule has 1 aromatic carbocycles. The molecule has 0 saturated heterocycles. The van der Waals surface area contributed by atoms with E-state index in [-0.39, 0.29) is 5.57 Å². The summed E-state index contributed by atoms with van der Waals surface area (Å²) in [5.41, 5.74) is 1.43. The van der Waals surface area contributed by atoms with Crippen LogP contribution < -0.4 is 5.32 Å². The van der Waals surface area contributed by atoms with Crippen molar-refractivity contribution in [2.45, 2.75) is 6.92 Å².